The van der Waals surface area contributed by atoms with Crippen LogP contribution in [0.15, 0.2) is 84.9 Å². The Bertz CT molecular complexity index is 838. The number of hydrogen-bond acceptors (Lipinski definition) is 3. The highest BCUT2D eigenvalue weighted by Crippen LogP contribution is 2.29. The number of piperazine rings is 1. The maximum absolute atomic E-state index is 13.1. The average Bonchev–Trinajstić information content (AvgIpc) is 2.77. The summed E-state index contributed by atoms with van der Waals surface area (Å²) in [6, 6.07) is 27.7. The number of β-amino-alcohol motifs (C(OH)–C–C–N with tert-alkyl or cyclic N) is 1. The van der Waals surface area contributed by atoms with Gasteiger partial charge in [-0.3, -0.25) is 9.80 Å². The lowest BCUT2D eigenvalue weighted by molar-refractivity contribution is 0.0623. The van der Waals surface area contributed by atoms with Crippen molar-refractivity contribution in [2.75, 3.05) is 32.7 Å². The molecular formula is C25H27FN2O. The molecule has 3 aromatic carbocycles. The van der Waals surface area contributed by atoms with E-state index in [0.717, 1.165) is 31.7 Å². The first-order chi connectivity index (χ1) is 14.2. The lowest BCUT2D eigenvalue weighted by atomic mass is 9.96. The van der Waals surface area contributed by atoms with Crippen LogP contribution in [-0.4, -0.2) is 47.6 Å². The number of halogens is 1. The van der Waals surface area contributed by atoms with Crippen LogP contribution in [0.1, 0.15) is 28.8 Å². The molecule has 3 aromatic rings. The van der Waals surface area contributed by atoms with Crippen LogP contribution in [0.25, 0.3) is 0 Å². The molecule has 0 amide bonds. The molecule has 29 heavy (non-hydrogen) atoms. The van der Waals surface area contributed by atoms with E-state index in [2.05, 4.69) is 70.5 Å². The summed E-state index contributed by atoms with van der Waals surface area (Å²) in [6.45, 7) is 4.23. The first-order valence-electron chi connectivity index (χ1n) is 10.2. The summed E-state index contributed by atoms with van der Waals surface area (Å²) >= 11 is 0. The normalized spacial score (nSPS) is 16.8. The molecule has 1 heterocycles. The van der Waals surface area contributed by atoms with Crippen molar-refractivity contribution in [3.63, 3.8) is 0 Å². The molecule has 1 aliphatic rings. The molecule has 1 saturated heterocycles. The third kappa shape index (κ3) is 4.91. The topological polar surface area (TPSA) is 26.7 Å². The molecule has 0 bridgehead atoms. The summed E-state index contributed by atoms with van der Waals surface area (Å²) < 4.78 is 13.1. The number of hydrogen-bond donors (Lipinski definition) is 1. The van der Waals surface area contributed by atoms with Gasteiger partial charge >= 0.3 is 0 Å². The number of benzene rings is 3. The van der Waals surface area contributed by atoms with E-state index in [1.54, 1.807) is 12.1 Å². The van der Waals surface area contributed by atoms with Crippen LogP contribution < -0.4 is 0 Å². The van der Waals surface area contributed by atoms with E-state index in [1.165, 1.54) is 23.3 Å². The Morgan fingerprint density at radius 1 is 0.690 bits per heavy atom. The zero-order chi connectivity index (χ0) is 20.1. The molecule has 1 aliphatic heterocycles. The molecule has 0 spiro atoms. The fraction of sp³-hybridized carbons (Fsp3) is 0.280. The van der Waals surface area contributed by atoms with Gasteiger partial charge in [-0.25, -0.2) is 4.39 Å². The fourth-order valence-electron chi connectivity index (χ4n) is 4.12. The quantitative estimate of drug-likeness (QED) is 0.681. The molecule has 0 aromatic heterocycles. The molecule has 4 heteroatoms. The third-order valence-corrected chi connectivity index (χ3v) is 5.69. The molecular weight excluding hydrogens is 363 g/mol. The molecule has 3 nitrogen and oxygen atoms in total. The SMILES string of the molecule is OC(CN1CCN(C(c2ccccc2)c2ccccc2)CC1)c1ccc(F)cc1. The summed E-state index contributed by atoms with van der Waals surface area (Å²) in [4.78, 5) is 4.81. The molecule has 0 aliphatic carbocycles. The second-order valence-electron chi connectivity index (χ2n) is 7.63. The van der Waals surface area contributed by atoms with Gasteiger partial charge in [-0.1, -0.05) is 72.8 Å². The molecule has 1 fully saturated rings. The smallest absolute Gasteiger partial charge is 0.123 e. The number of aliphatic hydroxyl groups is 1. The molecule has 0 radical (unpaired) electrons. The average molecular weight is 391 g/mol. The largest absolute Gasteiger partial charge is 0.387 e. The number of aliphatic hydroxyl groups excluding tert-OH is 1. The predicted molar refractivity (Wildman–Crippen MR) is 114 cm³/mol. The van der Waals surface area contributed by atoms with Gasteiger partial charge in [0.05, 0.1) is 12.1 Å². The van der Waals surface area contributed by atoms with Gasteiger partial charge in [-0.2, -0.15) is 0 Å². The zero-order valence-corrected chi connectivity index (χ0v) is 16.5. The summed E-state index contributed by atoms with van der Waals surface area (Å²) in [6.07, 6.45) is -0.596. The summed E-state index contributed by atoms with van der Waals surface area (Å²) in [7, 11) is 0. The minimum atomic E-state index is -0.596. The van der Waals surface area contributed by atoms with Crippen molar-refractivity contribution in [3.8, 4) is 0 Å². The Balaban J connectivity index is 1.42. The second-order valence-corrected chi connectivity index (χ2v) is 7.63. The minimum Gasteiger partial charge on any atom is -0.387 e. The van der Waals surface area contributed by atoms with E-state index in [-0.39, 0.29) is 11.9 Å². The van der Waals surface area contributed by atoms with E-state index >= 15 is 0 Å². The van der Waals surface area contributed by atoms with E-state index in [1.807, 2.05) is 0 Å². The van der Waals surface area contributed by atoms with Gasteiger partial charge in [0.15, 0.2) is 0 Å². The van der Waals surface area contributed by atoms with Crippen molar-refractivity contribution in [1.82, 2.24) is 9.80 Å². The molecule has 150 valence electrons. The van der Waals surface area contributed by atoms with Crippen LogP contribution in [0.2, 0.25) is 0 Å². The van der Waals surface area contributed by atoms with Crippen LogP contribution in [0.3, 0.4) is 0 Å². The second kappa shape index (κ2) is 9.31. The van der Waals surface area contributed by atoms with Gasteiger partial charge in [0.1, 0.15) is 5.82 Å². The van der Waals surface area contributed by atoms with Crippen molar-refractivity contribution in [2.45, 2.75) is 12.1 Å². The van der Waals surface area contributed by atoms with Crippen molar-refractivity contribution >= 4 is 0 Å². The van der Waals surface area contributed by atoms with Gasteiger partial charge in [-0.05, 0) is 28.8 Å². The lowest BCUT2D eigenvalue weighted by Gasteiger charge is -2.40. The third-order valence-electron chi connectivity index (χ3n) is 5.69. The summed E-state index contributed by atoms with van der Waals surface area (Å²) in [5.41, 5.74) is 3.37. The van der Waals surface area contributed by atoms with Crippen LogP contribution in [0, 0.1) is 5.82 Å². The van der Waals surface area contributed by atoms with Gasteiger partial charge in [0, 0.05) is 32.7 Å². The Morgan fingerprint density at radius 2 is 1.21 bits per heavy atom. The first kappa shape index (κ1) is 19.8. The molecule has 1 atom stereocenters. The van der Waals surface area contributed by atoms with Crippen LogP contribution >= 0.6 is 0 Å². The Morgan fingerprint density at radius 3 is 1.72 bits per heavy atom. The van der Waals surface area contributed by atoms with Gasteiger partial charge in [-0.15, -0.1) is 0 Å². The maximum atomic E-state index is 13.1. The lowest BCUT2D eigenvalue weighted by Crippen LogP contribution is -2.48. The number of nitrogens with zero attached hydrogens (tertiary/aromatic N) is 2. The fourth-order valence-corrected chi connectivity index (χ4v) is 4.12. The summed E-state index contributed by atoms with van der Waals surface area (Å²) in [5.74, 6) is -0.276. The van der Waals surface area contributed by atoms with Crippen LogP contribution in [0.4, 0.5) is 4.39 Å². The summed E-state index contributed by atoms with van der Waals surface area (Å²) in [5, 5.41) is 10.5. The molecule has 4 rings (SSSR count). The van der Waals surface area contributed by atoms with Crippen LogP contribution in [0.5, 0.6) is 0 Å². The van der Waals surface area contributed by atoms with Crippen LogP contribution in [-0.2, 0) is 0 Å². The zero-order valence-electron chi connectivity index (χ0n) is 16.5. The standard InChI is InChI=1S/C25H27FN2O/c26-23-13-11-20(12-14-23)24(29)19-27-15-17-28(18-16-27)25(21-7-3-1-4-8-21)22-9-5-2-6-10-22/h1-14,24-25,29H,15-19H2. The number of rotatable bonds is 6. The van der Waals surface area contributed by atoms with E-state index in [0.29, 0.717) is 6.54 Å². The van der Waals surface area contributed by atoms with Crippen molar-refractivity contribution in [3.05, 3.63) is 107 Å². The Labute approximate surface area is 172 Å². The van der Waals surface area contributed by atoms with E-state index in [4.69, 9.17) is 0 Å². The van der Waals surface area contributed by atoms with Gasteiger partial charge in [0.25, 0.3) is 0 Å². The van der Waals surface area contributed by atoms with E-state index in [9.17, 15) is 9.50 Å². The monoisotopic (exact) mass is 390 g/mol. The minimum absolute atomic E-state index is 0.238. The van der Waals surface area contributed by atoms with Gasteiger partial charge in [0.2, 0.25) is 0 Å². The highest BCUT2D eigenvalue weighted by Gasteiger charge is 2.27. The Kier molecular flexibility index (Phi) is 6.35. The molecule has 1 unspecified atom stereocenters. The molecule has 1 N–H and O–H groups in total. The maximum Gasteiger partial charge on any atom is 0.123 e. The van der Waals surface area contributed by atoms with Gasteiger partial charge < -0.3 is 5.11 Å². The highest BCUT2D eigenvalue weighted by atomic mass is 19.1. The van der Waals surface area contributed by atoms with E-state index < -0.39 is 6.10 Å². The van der Waals surface area contributed by atoms with Crippen molar-refractivity contribution in [2.24, 2.45) is 0 Å². The highest BCUT2D eigenvalue weighted by molar-refractivity contribution is 5.32. The first-order valence-corrected chi connectivity index (χ1v) is 10.2. The molecule has 0 saturated carbocycles. The van der Waals surface area contributed by atoms with Crippen molar-refractivity contribution in [1.29, 1.82) is 0 Å². The van der Waals surface area contributed by atoms with Crippen molar-refractivity contribution < 1.29 is 9.50 Å². The predicted octanol–water partition coefficient (Wildman–Crippen LogP) is 4.27. The Hall–Kier alpha value is -2.53.